The van der Waals surface area contributed by atoms with Gasteiger partial charge >= 0.3 is 0 Å². The lowest BCUT2D eigenvalue weighted by atomic mass is 10.1. The molecule has 15 heavy (non-hydrogen) atoms. The number of rotatable bonds is 4. The summed E-state index contributed by atoms with van der Waals surface area (Å²) < 4.78 is 10.7. The molecule has 0 fully saturated rings. The zero-order chi connectivity index (χ0) is 10.7. The topological polar surface area (TPSA) is 48.4 Å². The minimum Gasteiger partial charge on any atom is -0.496 e. The molecule has 0 radical (unpaired) electrons. The second-order valence-electron chi connectivity index (χ2n) is 3.48. The van der Waals surface area contributed by atoms with Gasteiger partial charge in [-0.25, -0.2) is 0 Å². The minimum absolute atomic E-state index is 0.701. The first-order chi connectivity index (χ1) is 7.36. The maximum atomic E-state index is 5.50. The van der Waals surface area contributed by atoms with Gasteiger partial charge in [0.2, 0.25) is 0 Å². The number of nitrogens with two attached hydrogens (primary N) is 1. The third kappa shape index (κ3) is 1.83. The van der Waals surface area contributed by atoms with Gasteiger partial charge in [0.25, 0.3) is 0 Å². The average molecular weight is 205 g/mol. The number of benzene rings is 1. The Balaban J connectivity index is 2.44. The highest BCUT2D eigenvalue weighted by Gasteiger charge is 2.09. The van der Waals surface area contributed by atoms with Crippen molar-refractivity contribution in [3.63, 3.8) is 0 Å². The molecule has 0 spiro atoms. The van der Waals surface area contributed by atoms with Crippen molar-refractivity contribution in [3.8, 4) is 5.75 Å². The van der Waals surface area contributed by atoms with Crippen molar-refractivity contribution in [2.24, 2.45) is 5.73 Å². The van der Waals surface area contributed by atoms with E-state index >= 15 is 0 Å². The van der Waals surface area contributed by atoms with Crippen molar-refractivity contribution >= 4 is 11.0 Å². The van der Waals surface area contributed by atoms with Crippen LogP contribution in [0.2, 0.25) is 0 Å². The van der Waals surface area contributed by atoms with Crippen LogP contribution in [-0.2, 0) is 6.42 Å². The van der Waals surface area contributed by atoms with Crippen LogP contribution in [0.3, 0.4) is 0 Å². The Morgan fingerprint density at radius 1 is 1.33 bits per heavy atom. The van der Waals surface area contributed by atoms with Crippen LogP contribution in [0.4, 0.5) is 0 Å². The smallest absolute Gasteiger partial charge is 0.137 e. The highest BCUT2D eigenvalue weighted by atomic mass is 16.5. The van der Waals surface area contributed by atoms with Crippen molar-refractivity contribution in [1.82, 2.24) is 0 Å². The van der Waals surface area contributed by atoms with Gasteiger partial charge in [0.1, 0.15) is 11.3 Å². The summed E-state index contributed by atoms with van der Waals surface area (Å²) in [4.78, 5) is 0. The SMILES string of the molecule is COc1c(CCCN)ccc2occc12. The van der Waals surface area contributed by atoms with E-state index in [-0.39, 0.29) is 0 Å². The second-order valence-corrected chi connectivity index (χ2v) is 3.48. The van der Waals surface area contributed by atoms with Gasteiger partial charge in [0.15, 0.2) is 0 Å². The van der Waals surface area contributed by atoms with Crippen molar-refractivity contribution < 1.29 is 9.15 Å². The maximum absolute atomic E-state index is 5.50. The first-order valence-corrected chi connectivity index (χ1v) is 5.10. The fourth-order valence-electron chi connectivity index (χ4n) is 1.79. The van der Waals surface area contributed by atoms with Crippen molar-refractivity contribution in [3.05, 3.63) is 30.0 Å². The molecule has 3 heteroatoms. The summed E-state index contributed by atoms with van der Waals surface area (Å²) >= 11 is 0. The third-order valence-corrected chi connectivity index (χ3v) is 2.52. The molecule has 0 aliphatic carbocycles. The molecule has 1 aromatic carbocycles. The van der Waals surface area contributed by atoms with E-state index in [9.17, 15) is 0 Å². The molecule has 0 aliphatic heterocycles. The summed E-state index contributed by atoms with van der Waals surface area (Å²) in [6.07, 6.45) is 3.60. The average Bonchev–Trinajstić information content (AvgIpc) is 2.73. The van der Waals surface area contributed by atoms with Crippen LogP contribution < -0.4 is 10.5 Å². The van der Waals surface area contributed by atoms with Gasteiger partial charge < -0.3 is 14.9 Å². The zero-order valence-electron chi connectivity index (χ0n) is 8.82. The Bertz CT molecular complexity index is 448. The quantitative estimate of drug-likeness (QED) is 0.833. The number of hydrogen-bond acceptors (Lipinski definition) is 3. The molecule has 0 amide bonds. The maximum Gasteiger partial charge on any atom is 0.137 e. The van der Waals surface area contributed by atoms with Gasteiger partial charge in [-0.2, -0.15) is 0 Å². The first kappa shape index (κ1) is 10.1. The predicted molar refractivity (Wildman–Crippen MR) is 60.1 cm³/mol. The summed E-state index contributed by atoms with van der Waals surface area (Å²) in [5, 5.41) is 1.03. The zero-order valence-corrected chi connectivity index (χ0v) is 8.82. The Morgan fingerprint density at radius 3 is 2.93 bits per heavy atom. The summed E-state index contributed by atoms with van der Waals surface area (Å²) in [5.74, 6) is 0.912. The number of hydrogen-bond donors (Lipinski definition) is 1. The fraction of sp³-hybridized carbons (Fsp3) is 0.333. The molecule has 1 aromatic heterocycles. The molecule has 3 nitrogen and oxygen atoms in total. The summed E-state index contributed by atoms with van der Waals surface area (Å²) in [5.41, 5.74) is 7.56. The normalized spacial score (nSPS) is 10.8. The van der Waals surface area contributed by atoms with E-state index < -0.39 is 0 Å². The number of furan rings is 1. The fourth-order valence-corrected chi connectivity index (χ4v) is 1.79. The van der Waals surface area contributed by atoms with Crippen LogP contribution in [-0.4, -0.2) is 13.7 Å². The van der Waals surface area contributed by atoms with Crippen LogP contribution in [0.5, 0.6) is 5.75 Å². The van der Waals surface area contributed by atoms with Gasteiger partial charge in [-0.15, -0.1) is 0 Å². The highest BCUT2D eigenvalue weighted by molar-refractivity contribution is 5.85. The highest BCUT2D eigenvalue weighted by Crippen LogP contribution is 2.31. The predicted octanol–water partition coefficient (Wildman–Crippen LogP) is 2.33. The number of fused-ring (bicyclic) bond motifs is 1. The Hall–Kier alpha value is -1.48. The van der Waals surface area contributed by atoms with Crippen molar-refractivity contribution in [2.75, 3.05) is 13.7 Å². The molecular formula is C12H15NO2. The van der Waals surface area contributed by atoms with Gasteiger partial charge in [-0.1, -0.05) is 6.07 Å². The van der Waals surface area contributed by atoms with E-state index in [0.29, 0.717) is 6.54 Å². The van der Waals surface area contributed by atoms with Crippen molar-refractivity contribution in [2.45, 2.75) is 12.8 Å². The van der Waals surface area contributed by atoms with Gasteiger partial charge in [-0.05, 0) is 37.1 Å². The third-order valence-electron chi connectivity index (χ3n) is 2.52. The van der Waals surface area contributed by atoms with Crippen LogP contribution >= 0.6 is 0 Å². The molecule has 2 rings (SSSR count). The molecule has 0 atom stereocenters. The molecular weight excluding hydrogens is 190 g/mol. The largest absolute Gasteiger partial charge is 0.496 e. The Kier molecular flexibility index (Phi) is 2.92. The molecule has 1 heterocycles. The number of ether oxygens (including phenoxy) is 1. The standard InChI is InChI=1S/C12H15NO2/c1-14-12-9(3-2-7-13)4-5-11-10(12)6-8-15-11/h4-6,8H,2-3,7,13H2,1H3. The Morgan fingerprint density at radius 2 is 2.20 bits per heavy atom. The molecule has 0 saturated heterocycles. The molecule has 2 N–H and O–H groups in total. The van der Waals surface area contributed by atoms with Gasteiger partial charge in [-0.3, -0.25) is 0 Å². The molecule has 0 aliphatic rings. The first-order valence-electron chi connectivity index (χ1n) is 5.10. The van der Waals surface area contributed by atoms with Crippen molar-refractivity contribution in [1.29, 1.82) is 0 Å². The van der Waals surface area contributed by atoms with E-state index in [4.69, 9.17) is 14.9 Å². The summed E-state index contributed by atoms with van der Waals surface area (Å²) in [6, 6.07) is 5.95. The van der Waals surface area contributed by atoms with Crippen LogP contribution in [0, 0.1) is 0 Å². The monoisotopic (exact) mass is 205 g/mol. The van der Waals surface area contributed by atoms with E-state index in [1.54, 1.807) is 13.4 Å². The van der Waals surface area contributed by atoms with E-state index in [2.05, 4.69) is 0 Å². The molecule has 0 saturated carbocycles. The van der Waals surface area contributed by atoms with E-state index in [0.717, 1.165) is 29.6 Å². The molecule has 0 unspecified atom stereocenters. The van der Waals surface area contributed by atoms with Crippen LogP contribution in [0.15, 0.2) is 28.9 Å². The number of methoxy groups -OCH3 is 1. The lowest BCUT2D eigenvalue weighted by Crippen LogP contribution is -2.01. The lowest BCUT2D eigenvalue weighted by molar-refractivity contribution is 0.414. The molecule has 0 bridgehead atoms. The van der Waals surface area contributed by atoms with Crippen LogP contribution in [0.25, 0.3) is 11.0 Å². The Labute approximate surface area is 88.8 Å². The van der Waals surface area contributed by atoms with E-state index in [1.807, 2.05) is 18.2 Å². The minimum atomic E-state index is 0.701. The summed E-state index contributed by atoms with van der Waals surface area (Å²) in [6.45, 7) is 0.701. The molecule has 80 valence electrons. The summed E-state index contributed by atoms with van der Waals surface area (Å²) in [7, 11) is 1.69. The molecule has 2 aromatic rings. The van der Waals surface area contributed by atoms with Gasteiger partial charge in [0.05, 0.1) is 18.8 Å². The van der Waals surface area contributed by atoms with Crippen LogP contribution in [0.1, 0.15) is 12.0 Å². The van der Waals surface area contributed by atoms with E-state index in [1.165, 1.54) is 5.56 Å². The van der Waals surface area contributed by atoms with Gasteiger partial charge in [0, 0.05) is 0 Å². The lowest BCUT2D eigenvalue weighted by Gasteiger charge is -2.08. The number of aryl methyl sites for hydroxylation is 1. The second kappa shape index (κ2) is 4.36.